The normalized spacial score (nSPS) is 16.2. The Morgan fingerprint density at radius 3 is 2.26 bits per heavy atom. The zero-order chi connectivity index (χ0) is 29.3. The van der Waals surface area contributed by atoms with Crippen molar-refractivity contribution in [3.63, 3.8) is 0 Å². The Balaban J connectivity index is 0.00000405. The van der Waals surface area contributed by atoms with Gasteiger partial charge in [0, 0.05) is 23.4 Å². The number of nitrogen functional groups attached to an aromatic ring is 1. The number of methoxy groups -OCH3 is 1. The Hall–Kier alpha value is -4.60. The molecule has 0 saturated carbocycles. The lowest BCUT2D eigenvalue weighted by molar-refractivity contribution is -0.133. The van der Waals surface area contributed by atoms with Crippen LogP contribution in [0.15, 0.2) is 84.9 Å². The summed E-state index contributed by atoms with van der Waals surface area (Å²) in [5.41, 5.74) is 13.1. The van der Waals surface area contributed by atoms with Crippen LogP contribution in [0.2, 0.25) is 0 Å². The molecule has 0 spiro atoms. The Kier molecular flexibility index (Phi) is 8.75. The molecule has 0 bridgehead atoms. The molecule has 0 aliphatic carbocycles. The fourth-order valence-corrected chi connectivity index (χ4v) is 5.45. The lowest BCUT2D eigenvalue weighted by Gasteiger charge is -2.36. The number of ether oxygens (including phenoxy) is 1. The molecule has 0 aromatic heterocycles. The number of primary amides is 1. The highest BCUT2D eigenvalue weighted by Gasteiger charge is 2.48. The number of carbonyl (C=O) groups excluding carboxylic acids is 3. The van der Waals surface area contributed by atoms with Crippen LogP contribution in [-0.2, 0) is 16.1 Å². The number of amides is 3. The monoisotopic (exact) mass is 587 g/mol. The minimum Gasteiger partial charge on any atom is -0.496 e. The molecule has 218 valence electrons. The van der Waals surface area contributed by atoms with E-state index in [0.29, 0.717) is 28.4 Å². The van der Waals surface area contributed by atoms with Gasteiger partial charge in [0.15, 0.2) is 0 Å². The van der Waals surface area contributed by atoms with Crippen molar-refractivity contribution in [2.24, 2.45) is 11.7 Å². The zero-order valence-electron chi connectivity index (χ0n) is 23.7. The van der Waals surface area contributed by atoms with E-state index in [9.17, 15) is 14.4 Å². The summed E-state index contributed by atoms with van der Waals surface area (Å²) in [5.74, 6) is -1.78. The van der Waals surface area contributed by atoms with Gasteiger partial charge in [0.25, 0.3) is 5.91 Å². The molecule has 4 aromatic rings. The zero-order valence-corrected chi connectivity index (χ0v) is 24.5. The van der Waals surface area contributed by atoms with E-state index >= 15 is 0 Å². The number of rotatable bonds is 7. The lowest BCUT2D eigenvalue weighted by atomic mass is 9.83. The summed E-state index contributed by atoms with van der Waals surface area (Å²) < 4.78 is 5.73. The van der Waals surface area contributed by atoms with Crippen LogP contribution >= 0.6 is 12.4 Å². The minimum atomic E-state index is -1.46. The van der Waals surface area contributed by atoms with Crippen molar-refractivity contribution in [3.05, 3.63) is 96.1 Å². The third-order valence-corrected chi connectivity index (χ3v) is 8.06. The molecule has 1 unspecified atom stereocenters. The van der Waals surface area contributed by atoms with Crippen LogP contribution in [0, 0.1) is 5.92 Å². The highest BCUT2D eigenvalue weighted by atomic mass is 35.5. The quantitative estimate of drug-likeness (QED) is 0.279. The van der Waals surface area contributed by atoms with E-state index in [1.54, 1.807) is 67.3 Å². The number of hydrogen-bond acceptors (Lipinski definition) is 6. The first-order valence-corrected chi connectivity index (χ1v) is 13.3. The summed E-state index contributed by atoms with van der Waals surface area (Å²) in [6, 6.07) is 25.5. The maximum absolute atomic E-state index is 14.6. The molecule has 42 heavy (non-hydrogen) atoms. The van der Waals surface area contributed by atoms with Gasteiger partial charge in [-0.15, -0.1) is 12.4 Å². The van der Waals surface area contributed by atoms with E-state index < -0.39 is 17.4 Å². The fraction of sp³-hybridized carbons (Fsp3) is 0.219. The first kappa shape index (κ1) is 30.4. The molecule has 10 heteroatoms. The largest absolute Gasteiger partial charge is 0.496 e. The predicted molar refractivity (Wildman–Crippen MR) is 168 cm³/mol. The number of likely N-dealkylation sites (N-methyl/N-ethyl adjacent to an activating group) is 1. The van der Waals surface area contributed by atoms with Crippen molar-refractivity contribution in [1.29, 1.82) is 0 Å². The highest BCUT2D eigenvalue weighted by molar-refractivity contribution is 6.13. The van der Waals surface area contributed by atoms with Crippen molar-refractivity contribution < 1.29 is 19.1 Å². The summed E-state index contributed by atoms with van der Waals surface area (Å²) in [4.78, 5) is 44.6. The van der Waals surface area contributed by atoms with Crippen LogP contribution in [0.5, 0.6) is 5.75 Å². The van der Waals surface area contributed by atoms with Gasteiger partial charge in [-0.2, -0.15) is 0 Å². The Morgan fingerprint density at radius 2 is 1.62 bits per heavy atom. The van der Waals surface area contributed by atoms with Gasteiger partial charge in [0.05, 0.1) is 30.9 Å². The van der Waals surface area contributed by atoms with Gasteiger partial charge >= 0.3 is 0 Å². The number of carbonyl (C=O) groups is 3. The summed E-state index contributed by atoms with van der Waals surface area (Å²) in [6.45, 7) is 1.65. The second kappa shape index (κ2) is 12.1. The van der Waals surface area contributed by atoms with E-state index in [0.717, 1.165) is 16.3 Å². The molecular formula is C32H34ClN5O4. The van der Waals surface area contributed by atoms with Crippen LogP contribution in [0.3, 0.4) is 0 Å². The molecule has 5 rings (SSSR count). The Labute approximate surface area is 250 Å². The predicted octanol–water partition coefficient (Wildman–Crippen LogP) is 4.13. The topological polar surface area (TPSA) is 131 Å². The Morgan fingerprint density at radius 1 is 0.976 bits per heavy atom. The number of para-hydroxylation sites is 2. The van der Waals surface area contributed by atoms with Crippen LogP contribution in [0.1, 0.15) is 22.8 Å². The second-order valence-corrected chi connectivity index (χ2v) is 10.3. The molecule has 1 aliphatic heterocycles. The Bertz CT molecular complexity index is 1640. The molecule has 9 nitrogen and oxygen atoms in total. The second-order valence-electron chi connectivity index (χ2n) is 10.3. The third-order valence-electron chi connectivity index (χ3n) is 8.06. The first-order chi connectivity index (χ1) is 19.7. The highest BCUT2D eigenvalue weighted by Crippen LogP contribution is 2.40. The van der Waals surface area contributed by atoms with Crippen molar-refractivity contribution in [2.45, 2.75) is 19.0 Å². The minimum absolute atomic E-state index is 0. The number of nitrogens with one attached hydrogen (secondary N) is 1. The molecule has 4 aromatic carbocycles. The molecular weight excluding hydrogens is 554 g/mol. The van der Waals surface area contributed by atoms with Gasteiger partial charge in [-0.25, -0.2) is 0 Å². The van der Waals surface area contributed by atoms with Crippen LogP contribution in [0.25, 0.3) is 10.8 Å². The number of anilines is 3. The van der Waals surface area contributed by atoms with Gasteiger partial charge in [-0.05, 0) is 67.2 Å². The van der Waals surface area contributed by atoms with Crippen LogP contribution < -0.4 is 31.3 Å². The van der Waals surface area contributed by atoms with Crippen molar-refractivity contribution in [1.82, 2.24) is 5.32 Å². The molecule has 1 heterocycles. The fourth-order valence-electron chi connectivity index (χ4n) is 5.45. The standard InChI is InChI=1S/C32H33N5O4.ClH/c1-32(35-2,31(34)40)25-19-37(29(38)21-12-15-22(33)16-13-21)27-11-7-6-10-26(27)36(30(25)39)18-24-23-9-5-4-8-20(23)14-17-28(24)41-3;/h4-17,25,35H,18-19,33H2,1-3H3,(H2,34,40);1H/t25-,32?;/m1./s1. The van der Waals surface area contributed by atoms with Crippen LogP contribution in [0.4, 0.5) is 17.1 Å². The molecule has 2 atom stereocenters. The third kappa shape index (κ3) is 5.24. The number of halogens is 1. The smallest absolute Gasteiger partial charge is 0.258 e. The maximum atomic E-state index is 14.6. The van der Waals surface area contributed by atoms with Crippen molar-refractivity contribution >= 4 is 58.0 Å². The number of nitrogens with zero attached hydrogens (tertiary/aromatic N) is 2. The van der Waals surface area contributed by atoms with E-state index in [1.807, 2.05) is 48.5 Å². The average molecular weight is 588 g/mol. The summed E-state index contributed by atoms with van der Waals surface area (Å²) >= 11 is 0. The van der Waals surface area contributed by atoms with E-state index in [4.69, 9.17) is 16.2 Å². The molecule has 0 radical (unpaired) electrons. The molecule has 1 aliphatic rings. The maximum Gasteiger partial charge on any atom is 0.258 e. The average Bonchev–Trinajstić information content (AvgIpc) is 3.11. The summed E-state index contributed by atoms with van der Waals surface area (Å²) in [6.07, 6.45) is 0. The van der Waals surface area contributed by atoms with Crippen molar-refractivity contribution in [3.8, 4) is 5.75 Å². The number of nitrogens with two attached hydrogens (primary N) is 2. The van der Waals surface area contributed by atoms with Gasteiger partial charge in [-0.1, -0.05) is 42.5 Å². The molecule has 0 fully saturated rings. The summed E-state index contributed by atoms with van der Waals surface area (Å²) in [7, 11) is 3.17. The van der Waals surface area contributed by atoms with Crippen molar-refractivity contribution in [2.75, 3.05) is 36.2 Å². The van der Waals surface area contributed by atoms with Gasteiger partial charge in [0.2, 0.25) is 11.8 Å². The van der Waals surface area contributed by atoms with Gasteiger partial charge < -0.3 is 31.3 Å². The first-order valence-electron chi connectivity index (χ1n) is 13.3. The van der Waals surface area contributed by atoms with E-state index in [1.165, 1.54) is 0 Å². The molecule has 3 amide bonds. The SMILES string of the molecule is CNC(C)(C(N)=O)[C@@H]1CN(C(=O)c2ccc(N)cc2)c2ccccc2N(Cc2c(OC)ccc3ccccc23)C1=O.Cl. The lowest BCUT2D eigenvalue weighted by Crippen LogP contribution is -2.63. The number of hydrogen-bond donors (Lipinski definition) is 3. The van der Waals surface area contributed by atoms with E-state index in [2.05, 4.69) is 5.32 Å². The molecule has 0 saturated heterocycles. The summed E-state index contributed by atoms with van der Waals surface area (Å²) in [5, 5.41) is 4.90. The number of benzene rings is 4. The number of fused-ring (bicyclic) bond motifs is 2. The van der Waals surface area contributed by atoms with E-state index in [-0.39, 0.29) is 37.3 Å². The van der Waals surface area contributed by atoms with Crippen LogP contribution in [-0.4, -0.2) is 44.0 Å². The van der Waals surface area contributed by atoms with Gasteiger partial charge in [0.1, 0.15) is 11.3 Å². The molecule has 5 N–H and O–H groups in total. The van der Waals surface area contributed by atoms with Gasteiger partial charge in [-0.3, -0.25) is 14.4 Å².